The van der Waals surface area contributed by atoms with E-state index in [4.69, 9.17) is 14.6 Å². The Hall–Kier alpha value is -0.380. The number of methoxy groups -OCH3 is 2. The van der Waals surface area contributed by atoms with E-state index in [9.17, 15) is 0 Å². The Kier molecular flexibility index (Phi) is 6.86. The van der Waals surface area contributed by atoms with Gasteiger partial charge in [0.25, 0.3) is 0 Å². The van der Waals surface area contributed by atoms with Crippen molar-refractivity contribution in [3.8, 4) is 0 Å². The predicted octanol–water partition coefficient (Wildman–Crippen LogP) is 1.71. The highest BCUT2D eigenvalue weighted by molar-refractivity contribution is 5.12. The first-order valence-electron chi connectivity index (χ1n) is 4.53. The summed E-state index contributed by atoms with van der Waals surface area (Å²) < 4.78 is 10.1. The molecular weight excluding hydrogens is 168 g/mol. The van der Waals surface area contributed by atoms with E-state index in [0.29, 0.717) is 0 Å². The maximum atomic E-state index is 9.02. The van der Waals surface area contributed by atoms with E-state index in [1.807, 2.05) is 13.8 Å². The highest BCUT2D eigenvalue weighted by atomic mass is 16.7. The van der Waals surface area contributed by atoms with Gasteiger partial charge < -0.3 is 14.6 Å². The van der Waals surface area contributed by atoms with Crippen LogP contribution >= 0.6 is 0 Å². The minimum absolute atomic E-state index is 0.127. The maximum Gasteiger partial charge on any atom is 0.160 e. The lowest BCUT2D eigenvalue weighted by atomic mass is 10.1. The van der Waals surface area contributed by atoms with Gasteiger partial charge in [-0.2, -0.15) is 0 Å². The van der Waals surface area contributed by atoms with Crippen LogP contribution in [-0.4, -0.2) is 32.2 Å². The SMILES string of the molecule is CC/C(CO)=C(\C)CC(OC)OC. The van der Waals surface area contributed by atoms with Gasteiger partial charge in [0.2, 0.25) is 0 Å². The lowest BCUT2D eigenvalue weighted by Gasteiger charge is -2.15. The third kappa shape index (κ3) is 4.41. The molecule has 1 N–H and O–H groups in total. The van der Waals surface area contributed by atoms with Gasteiger partial charge in [-0.3, -0.25) is 0 Å². The van der Waals surface area contributed by atoms with Gasteiger partial charge in [0.05, 0.1) is 6.61 Å². The maximum absolute atomic E-state index is 9.02. The molecule has 0 aliphatic rings. The Bertz CT molecular complexity index is 154. The Balaban J connectivity index is 4.22. The van der Waals surface area contributed by atoms with Crippen molar-refractivity contribution in [1.82, 2.24) is 0 Å². The van der Waals surface area contributed by atoms with Crippen LogP contribution in [0.15, 0.2) is 11.1 Å². The second-order valence-corrected chi connectivity index (χ2v) is 3.00. The van der Waals surface area contributed by atoms with Crippen LogP contribution in [0, 0.1) is 0 Å². The minimum Gasteiger partial charge on any atom is -0.392 e. The van der Waals surface area contributed by atoms with Crippen LogP contribution in [0.25, 0.3) is 0 Å². The third-order valence-electron chi connectivity index (χ3n) is 2.22. The predicted molar refractivity (Wildman–Crippen MR) is 52.5 cm³/mol. The van der Waals surface area contributed by atoms with E-state index >= 15 is 0 Å². The lowest BCUT2D eigenvalue weighted by Crippen LogP contribution is -2.14. The van der Waals surface area contributed by atoms with E-state index in [2.05, 4.69) is 0 Å². The summed E-state index contributed by atoms with van der Waals surface area (Å²) in [6.45, 7) is 4.16. The van der Waals surface area contributed by atoms with E-state index in [1.165, 1.54) is 0 Å². The van der Waals surface area contributed by atoms with Gasteiger partial charge in [-0.1, -0.05) is 12.5 Å². The zero-order valence-corrected chi connectivity index (χ0v) is 8.96. The molecule has 0 atom stereocenters. The fourth-order valence-electron chi connectivity index (χ4n) is 1.21. The number of hydrogen-bond acceptors (Lipinski definition) is 3. The topological polar surface area (TPSA) is 38.7 Å². The molecule has 0 amide bonds. The van der Waals surface area contributed by atoms with E-state index in [1.54, 1.807) is 14.2 Å². The van der Waals surface area contributed by atoms with Gasteiger partial charge >= 0.3 is 0 Å². The Morgan fingerprint density at radius 1 is 1.31 bits per heavy atom. The van der Waals surface area contributed by atoms with E-state index in [-0.39, 0.29) is 12.9 Å². The monoisotopic (exact) mass is 188 g/mol. The summed E-state index contributed by atoms with van der Waals surface area (Å²) in [5.41, 5.74) is 2.22. The van der Waals surface area contributed by atoms with Gasteiger partial charge in [-0.15, -0.1) is 0 Å². The standard InChI is InChI=1S/C10H20O3/c1-5-9(7-11)8(2)6-10(12-3)13-4/h10-11H,5-7H2,1-4H3/b9-8-. The molecule has 0 spiro atoms. The largest absolute Gasteiger partial charge is 0.392 e. The first kappa shape index (κ1) is 12.6. The molecule has 0 unspecified atom stereocenters. The lowest BCUT2D eigenvalue weighted by molar-refractivity contribution is -0.100. The second-order valence-electron chi connectivity index (χ2n) is 3.00. The van der Waals surface area contributed by atoms with E-state index < -0.39 is 0 Å². The van der Waals surface area contributed by atoms with Crippen molar-refractivity contribution < 1.29 is 14.6 Å². The van der Waals surface area contributed by atoms with Crippen molar-refractivity contribution in [2.45, 2.75) is 33.0 Å². The van der Waals surface area contributed by atoms with Crippen molar-refractivity contribution in [3.63, 3.8) is 0 Å². The normalized spacial score (nSPS) is 13.4. The van der Waals surface area contributed by atoms with Gasteiger partial charge in [0, 0.05) is 20.6 Å². The quantitative estimate of drug-likeness (QED) is 0.509. The van der Waals surface area contributed by atoms with Crippen LogP contribution in [0.4, 0.5) is 0 Å². The molecule has 3 nitrogen and oxygen atoms in total. The summed E-state index contributed by atoms with van der Waals surface area (Å²) in [6.07, 6.45) is 1.40. The fourth-order valence-corrected chi connectivity index (χ4v) is 1.21. The molecule has 0 heterocycles. The zero-order valence-electron chi connectivity index (χ0n) is 8.96. The van der Waals surface area contributed by atoms with E-state index in [0.717, 1.165) is 24.0 Å². The zero-order chi connectivity index (χ0) is 10.3. The molecule has 0 fully saturated rings. The first-order chi connectivity index (χ1) is 6.19. The number of ether oxygens (including phenoxy) is 2. The first-order valence-corrected chi connectivity index (χ1v) is 4.53. The average molecular weight is 188 g/mol. The smallest absolute Gasteiger partial charge is 0.160 e. The van der Waals surface area contributed by atoms with Gasteiger partial charge in [0.15, 0.2) is 6.29 Å². The molecule has 0 saturated carbocycles. The third-order valence-corrected chi connectivity index (χ3v) is 2.22. The summed E-state index contributed by atoms with van der Waals surface area (Å²) in [6, 6.07) is 0. The Morgan fingerprint density at radius 2 is 1.85 bits per heavy atom. The average Bonchev–Trinajstić information content (AvgIpc) is 2.16. The molecule has 0 aliphatic carbocycles. The van der Waals surface area contributed by atoms with Crippen LogP contribution in [0.3, 0.4) is 0 Å². The second kappa shape index (κ2) is 7.06. The highest BCUT2D eigenvalue weighted by Crippen LogP contribution is 2.14. The van der Waals surface area contributed by atoms with Crippen LogP contribution in [0.5, 0.6) is 0 Å². The van der Waals surface area contributed by atoms with Crippen LogP contribution in [0.1, 0.15) is 26.7 Å². The highest BCUT2D eigenvalue weighted by Gasteiger charge is 2.08. The summed E-state index contributed by atoms with van der Waals surface area (Å²) in [5.74, 6) is 0. The van der Waals surface area contributed by atoms with Crippen LogP contribution in [0.2, 0.25) is 0 Å². The molecule has 0 aromatic heterocycles. The van der Waals surface area contributed by atoms with Crippen LogP contribution in [-0.2, 0) is 9.47 Å². The van der Waals surface area contributed by atoms with Gasteiger partial charge in [0.1, 0.15) is 0 Å². The molecule has 78 valence electrons. The molecule has 3 heteroatoms. The number of aliphatic hydroxyl groups excluding tert-OH is 1. The summed E-state index contributed by atoms with van der Waals surface area (Å²) >= 11 is 0. The molecule has 0 aromatic carbocycles. The van der Waals surface area contributed by atoms with Crippen LogP contribution < -0.4 is 0 Å². The van der Waals surface area contributed by atoms with Crippen molar-refractivity contribution in [1.29, 1.82) is 0 Å². The summed E-state index contributed by atoms with van der Waals surface area (Å²) in [4.78, 5) is 0. The number of rotatable bonds is 6. The summed E-state index contributed by atoms with van der Waals surface area (Å²) in [7, 11) is 3.23. The summed E-state index contributed by atoms with van der Waals surface area (Å²) in [5, 5.41) is 9.02. The Morgan fingerprint density at radius 3 is 2.15 bits per heavy atom. The van der Waals surface area contributed by atoms with Gasteiger partial charge in [-0.25, -0.2) is 0 Å². The number of aliphatic hydroxyl groups is 1. The van der Waals surface area contributed by atoms with Crippen molar-refractivity contribution in [2.24, 2.45) is 0 Å². The fraction of sp³-hybridized carbons (Fsp3) is 0.800. The molecular formula is C10H20O3. The molecule has 0 rings (SSSR count). The van der Waals surface area contributed by atoms with Crippen molar-refractivity contribution >= 4 is 0 Å². The van der Waals surface area contributed by atoms with Crippen molar-refractivity contribution in [3.05, 3.63) is 11.1 Å². The molecule has 0 radical (unpaired) electrons. The molecule has 0 aromatic rings. The molecule has 0 saturated heterocycles. The molecule has 13 heavy (non-hydrogen) atoms. The minimum atomic E-state index is -0.201. The Labute approximate surface area is 80.4 Å². The number of hydrogen-bond donors (Lipinski definition) is 1. The van der Waals surface area contributed by atoms with Gasteiger partial charge in [-0.05, 0) is 18.9 Å². The molecule has 0 aliphatic heterocycles. The molecule has 0 bridgehead atoms. The van der Waals surface area contributed by atoms with Crippen molar-refractivity contribution in [2.75, 3.05) is 20.8 Å².